The molecule has 1 aliphatic heterocycles. The molecule has 0 fully saturated rings. The number of rotatable bonds is 7. The predicted molar refractivity (Wildman–Crippen MR) is 120 cm³/mol. The zero-order chi connectivity index (χ0) is 25.1. The summed E-state index contributed by atoms with van der Waals surface area (Å²) in [7, 11) is 0. The summed E-state index contributed by atoms with van der Waals surface area (Å²) >= 11 is 0. The van der Waals surface area contributed by atoms with E-state index in [1.54, 1.807) is 12.1 Å². The SMILES string of the molecule is O=C1OC(c2ccc([N+](=O)[O-])cc2)=NC1=Cc1cccc(Oc2ccc([N+](=O)[O-])cc2[N+](=O)[O-])c1. The Morgan fingerprint density at radius 3 is 2.17 bits per heavy atom. The van der Waals surface area contributed by atoms with Gasteiger partial charge in [-0.15, -0.1) is 0 Å². The number of esters is 1. The zero-order valence-corrected chi connectivity index (χ0v) is 17.4. The average Bonchev–Trinajstić information content (AvgIpc) is 3.19. The smallest absolute Gasteiger partial charge is 0.363 e. The fourth-order valence-electron chi connectivity index (χ4n) is 3.06. The molecule has 1 heterocycles. The lowest BCUT2D eigenvalue weighted by Gasteiger charge is -2.07. The third-order valence-corrected chi connectivity index (χ3v) is 4.68. The fourth-order valence-corrected chi connectivity index (χ4v) is 3.06. The quantitative estimate of drug-likeness (QED) is 0.205. The molecule has 0 N–H and O–H groups in total. The van der Waals surface area contributed by atoms with Crippen molar-refractivity contribution in [2.75, 3.05) is 0 Å². The van der Waals surface area contributed by atoms with Gasteiger partial charge < -0.3 is 9.47 Å². The number of aliphatic imine (C=N–C) groups is 1. The van der Waals surface area contributed by atoms with Gasteiger partial charge in [0.2, 0.25) is 11.6 Å². The van der Waals surface area contributed by atoms with Crippen molar-refractivity contribution in [1.29, 1.82) is 0 Å². The van der Waals surface area contributed by atoms with Gasteiger partial charge >= 0.3 is 11.7 Å². The number of non-ortho nitro benzene ring substituents is 2. The standard InChI is InChI=1S/C22H12N4O9/c27-22-18(23-21(35-22)14-4-6-15(7-5-14)24(28)29)11-13-2-1-3-17(10-13)34-20-9-8-16(25(30)31)12-19(20)26(32)33/h1-12H. The minimum Gasteiger partial charge on any atom is -0.450 e. The second-order valence-electron chi connectivity index (χ2n) is 6.98. The van der Waals surface area contributed by atoms with Crippen LogP contribution >= 0.6 is 0 Å². The molecule has 0 radical (unpaired) electrons. The fraction of sp³-hybridized carbons (Fsp3) is 0. The molecule has 0 unspecified atom stereocenters. The first-order chi connectivity index (χ1) is 16.7. The molecule has 35 heavy (non-hydrogen) atoms. The highest BCUT2D eigenvalue weighted by atomic mass is 16.6. The van der Waals surface area contributed by atoms with Gasteiger partial charge in [-0.3, -0.25) is 30.3 Å². The van der Waals surface area contributed by atoms with Gasteiger partial charge in [0.15, 0.2) is 5.70 Å². The third-order valence-electron chi connectivity index (χ3n) is 4.68. The lowest BCUT2D eigenvalue weighted by Crippen LogP contribution is -2.05. The minimum atomic E-state index is -0.795. The lowest BCUT2D eigenvalue weighted by molar-refractivity contribution is -0.394. The first kappa shape index (κ1) is 22.7. The van der Waals surface area contributed by atoms with Crippen LogP contribution in [0.5, 0.6) is 11.5 Å². The molecular weight excluding hydrogens is 464 g/mol. The second-order valence-corrected chi connectivity index (χ2v) is 6.98. The van der Waals surface area contributed by atoms with E-state index in [4.69, 9.17) is 9.47 Å². The molecule has 174 valence electrons. The van der Waals surface area contributed by atoms with Crippen molar-refractivity contribution in [1.82, 2.24) is 0 Å². The molecule has 0 spiro atoms. The van der Waals surface area contributed by atoms with E-state index in [1.807, 2.05) is 0 Å². The molecule has 4 rings (SSSR count). The van der Waals surface area contributed by atoms with Crippen molar-refractivity contribution in [3.8, 4) is 11.5 Å². The maximum atomic E-state index is 12.2. The van der Waals surface area contributed by atoms with E-state index in [0.29, 0.717) is 11.1 Å². The number of nitrogens with zero attached hydrogens (tertiary/aromatic N) is 4. The Labute approximate surface area is 195 Å². The minimum absolute atomic E-state index is 0.0231. The van der Waals surface area contributed by atoms with Crippen LogP contribution in [0.3, 0.4) is 0 Å². The summed E-state index contributed by atoms with van der Waals surface area (Å²) in [6.07, 6.45) is 1.40. The van der Waals surface area contributed by atoms with Crippen LogP contribution in [0, 0.1) is 30.3 Å². The van der Waals surface area contributed by atoms with Crippen LogP contribution in [0.4, 0.5) is 17.1 Å². The van der Waals surface area contributed by atoms with Gasteiger partial charge in [0.1, 0.15) is 5.75 Å². The zero-order valence-electron chi connectivity index (χ0n) is 17.4. The van der Waals surface area contributed by atoms with Gasteiger partial charge in [0, 0.05) is 23.8 Å². The van der Waals surface area contributed by atoms with E-state index in [0.717, 1.165) is 18.2 Å². The van der Waals surface area contributed by atoms with Crippen LogP contribution in [-0.4, -0.2) is 26.6 Å². The van der Waals surface area contributed by atoms with E-state index in [2.05, 4.69) is 4.99 Å². The normalized spacial score (nSPS) is 13.8. The second kappa shape index (κ2) is 9.19. The highest BCUT2D eigenvalue weighted by molar-refractivity contribution is 6.12. The van der Waals surface area contributed by atoms with Crippen molar-refractivity contribution in [2.24, 2.45) is 4.99 Å². The predicted octanol–water partition coefficient (Wildman–Crippen LogP) is 4.55. The maximum absolute atomic E-state index is 12.2. The summed E-state index contributed by atoms with van der Waals surface area (Å²) < 4.78 is 10.7. The van der Waals surface area contributed by atoms with Crippen molar-refractivity contribution in [2.45, 2.75) is 0 Å². The number of ether oxygens (including phenoxy) is 2. The Balaban J connectivity index is 1.59. The highest BCUT2D eigenvalue weighted by Crippen LogP contribution is 2.35. The summed E-state index contributed by atoms with van der Waals surface area (Å²) in [5.41, 5.74) is -0.386. The van der Waals surface area contributed by atoms with E-state index >= 15 is 0 Å². The third kappa shape index (κ3) is 4.98. The molecule has 0 saturated heterocycles. The van der Waals surface area contributed by atoms with Gasteiger partial charge in [-0.25, -0.2) is 9.79 Å². The van der Waals surface area contributed by atoms with Crippen molar-refractivity contribution < 1.29 is 29.0 Å². The molecule has 0 amide bonds. The van der Waals surface area contributed by atoms with Crippen LogP contribution < -0.4 is 4.74 Å². The van der Waals surface area contributed by atoms with Crippen LogP contribution in [0.1, 0.15) is 11.1 Å². The Kier molecular flexibility index (Phi) is 5.96. The van der Waals surface area contributed by atoms with Gasteiger partial charge in [-0.2, -0.15) is 0 Å². The summed E-state index contributed by atoms with van der Waals surface area (Å²) in [5, 5.41) is 33.0. The molecule has 0 aromatic heterocycles. The number of nitro benzene ring substituents is 3. The van der Waals surface area contributed by atoms with Crippen LogP contribution in [0.25, 0.3) is 6.08 Å². The van der Waals surface area contributed by atoms with Gasteiger partial charge in [-0.1, -0.05) is 12.1 Å². The number of cyclic esters (lactones) is 1. The average molecular weight is 476 g/mol. The molecule has 0 aliphatic carbocycles. The number of nitro groups is 3. The molecular formula is C22H12N4O9. The number of hydrogen-bond acceptors (Lipinski definition) is 10. The molecule has 0 atom stereocenters. The maximum Gasteiger partial charge on any atom is 0.363 e. The highest BCUT2D eigenvalue weighted by Gasteiger charge is 2.25. The van der Waals surface area contributed by atoms with Gasteiger partial charge in [0.25, 0.3) is 11.4 Å². The molecule has 13 heteroatoms. The van der Waals surface area contributed by atoms with Crippen LogP contribution in [0.2, 0.25) is 0 Å². The Morgan fingerprint density at radius 1 is 0.829 bits per heavy atom. The molecule has 13 nitrogen and oxygen atoms in total. The van der Waals surface area contributed by atoms with E-state index < -0.39 is 32.1 Å². The Bertz CT molecular complexity index is 1450. The van der Waals surface area contributed by atoms with Crippen LogP contribution in [0.15, 0.2) is 77.4 Å². The largest absolute Gasteiger partial charge is 0.450 e. The van der Waals surface area contributed by atoms with Crippen LogP contribution in [-0.2, 0) is 9.53 Å². The molecule has 3 aromatic rings. The molecule has 1 aliphatic rings. The molecule has 3 aromatic carbocycles. The lowest BCUT2D eigenvalue weighted by atomic mass is 10.2. The number of hydrogen-bond donors (Lipinski definition) is 0. The topological polar surface area (TPSA) is 177 Å². The summed E-state index contributed by atoms with van der Waals surface area (Å²) in [6, 6.07) is 14.5. The van der Waals surface area contributed by atoms with E-state index in [1.165, 1.54) is 42.5 Å². The number of benzene rings is 3. The summed E-state index contributed by atoms with van der Waals surface area (Å²) in [6.45, 7) is 0. The van der Waals surface area contributed by atoms with Crippen molar-refractivity contribution in [3.05, 3.63) is 114 Å². The van der Waals surface area contributed by atoms with Gasteiger partial charge in [0.05, 0.1) is 20.8 Å². The summed E-state index contributed by atoms with van der Waals surface area (Å²) in [4.78, 5) is 47.3. The Morgan fingerprint density at radius 2 is 1.51 bits per heavy atom. The van der Waals surface area contributed by atoms with E-state index in [-0.39, 0.29) is 28.8 Å². The summed E-state index contributed by atoms with van der Waals surface area (Å²) in [5.74, 6) is -0.799. The van der Waals surface area contributed by atoms with Crippen molar-refractivity contribution in [3.63, 3.8) is 0 Å². The first-order valence-corrected chi connectivity index (χ1v) is 9.69. The Hall–Kier alpha value is -5.46. The molecule has 0 saturated carbocycles. The molecule has 0 bridgehead atoms. The van der Waals surface area contributed by atoms with Crippen molar-refractivity contribution >= 4 is 35.0 Å². The monoisotopic (exact) mass is 476 g/mol. The first-order valence-electron chi connectivity index (χ1n) is 9.69. The van der Waals surface area contributed by atoms with E-state index in [9.17, 15) is 35.1 Å². The number of carbonyl (C=O) groups excluding carboxylic acids is 1. The van der Waals surface area contributed by atoms with Gasteiger partial charge in [-0.05, 0) is 42.0 Å². The number of carbonyl (C=O) groups is 1.